The van der Waals surface area contributed by atoms with E-state index in [1.165, 1.54) is 21.8 Å². The van der Waals surface area contributed by atoms with Crippen molar-refractivity contribution in [2.75, 3.05) is 0 Å². The summed E-state index contributed by atoms with van der Waals surface area (Å²) in [5, 5.41) is 3.42. The summed E-state index contributed by atoms with van der Waals surface area (Å²) in [7, 11) is 0. The molecule has 0 aliphatic rings. The van der Waals surface area contributed by atoms with Crippen molar-refractivity contribution in [1.82, 2.24) is 24.9 Å². The third kappa shape index (κ3) is 17.1. The molecule has 7 heteroatoms. The number of thiazole rings is 1. The van der Waals surface area contributed by atoms with Crippen LogP contribution in [-0.4, -0.2) is 24.9 Å². The fraction of sp³-hybridized carbons (Fsp3) is 0.462. The lowest BCUT2D eigenvalue weighted by atomic mass is 10.1. The first-order valence-electron chi connectivity index (χ1n) is 16.4. The first-order chi connectivity index (χ1) is 21.8. The normalized spacial score (nSPS) is 10.5. The van der Waals surface area contributed by atoms with Crippen LogP contribution in [0.25, 0.3) is 0 Å². The van der Waals surface area contributed by atoms with Gasteiger partial charge in [-0.25, -0.2) is 4.98 Å². The van der Waals surface area contributed by atoms with Gasteiger partial charge in [-0.1, -0.05) is 89.2 Å². The van der Waals surface area contributed by atoms with Crippen molar-refractivity contribution in [3.63, 3.8) is 0 Å². The third-order valence-electron chi connectivity index (χ3n) is 6.66. The average molecular weight is 644 g/mol. The van der Waals surface area contributed by atoms with E-state index in [1.54, 1.807) is 42.5 Å². The van der Waals surface area contributed by atoms with Crippen molar-refractivity contribution in [2.45, 2.75) is 119 Å². The zero-order valence-corrected chi connectivity index (χ0v) is 31.0. The standard InChI is InChI=1S/C9H15NS.2C8H11N.C7H10N2.C7H10O/c1-6(2)8-5-11-9(10-8)7(3)4;1-7(2)8-3-5-9-6-4-8;1-7(2)8-5-3-4-6-9-8;1-6(2)7-5-8-3-4-9-7;1-6(2)7-3-4-8-5-7/h5-7H,1-4H3;2*3-7H,1-2H3;3-6H,1-2H3;3-6H,1-2H3. The molecule has 0 radical (unpaired) electrons. The number of pyridine rings is 2. The average Bonchev–Trinajstić information content (AvgIpc) is 3.78. The summed E-state index contributed by atoms with van der Waals surface area (Å²) in [4.78, 5) is 20.7. The molecule has 5 rings (SSSR count). The highest BCUT2D eigenvalue weighted by molar-refractivity contribution is 7.09. The Bertz CT molecular complexity index is 1260. The molecule has 0 unspecified atom stereocenters. The lowest BCUT2D eigenvalue weighted by molar-refractivity contribution is 0.562. The molecule has 0 spiro atoms. The topological polar surface area (TPSA) is 77.6 Å². The maximum absolute atomic E-state index is 4.88. The zero-order chi connectivity index (χ0) is 34.5. The molecule has 0 aliphatic carbocycles. The minimum Gasteiger partial charge on any atom is -0.472 e. The van der Waals surface area contributed by atoms with Crippen LogP contribution in [0.5, 0.6) is 0 Å². The quantitative estimate of drug-likeness (QED) is 0.183. The Labute approximate surface area is 283 Å². The maximum atomic E-state index is 4.88. The van der Waals surface area contributed by atoms with Crippen LogP contribution in [0.1, 0.15) is 152 Å². The lowest BCUT2D eigenvalue weighted by Gasteiger charge is -2.01. The predicted molar refractivity (Wildman–Crippen MR) is 196 cm³/mol. The van der Waals surface area contributed by atoms with Gasteiger partial charge < -0.3 is 4.42 Å². The number of nitrogens with zero attached hydrogens (tertiary/aromatic N) is 5. The second kappa shape index (κ2) is 22.7. The number of hydrogen-bond donors (Lipinski definition) is 0. The smallest absolute Gasteiger partial charge is 0.0953 e. The summed E-state index contributed by atoms with van der Waals surface area (Å²) in [6.07, 6.45) is 14.2. The SMILES string of the molecule is CC(C)c1ccccn1.CC(C)c1ccncc1.CC(C)c1ccoc1.CC(C)c1cnccn1.CC(C)c1csc(C(C)C)n1. The van der Waals surface area contributed by atoms with Crippen molar-refractivity contribution in [3.05, 3.63) is 125 Å². The predicted octanol–water partition coefficient (Wildman–Crippen LogP) is 11.8. The van der Waals surface area contributed by atoms with Gasteiger partial charge in [0.25, 0.3) is 0 Å². The summed E-state index contributed by atoms with van der Waals surface area (Å²) >= 11 is 1.77. The Morgan fingerprint density at radius 3 is 1.43 bits per heavy atom. The molecule has 5 aromatic heterocycles. The Balaban J connectivity index is 0.000000289. The van der Waals surface area contributed by atoms with E-state index in [4.69, 9.17) is 4.42 Å². The highest BCUT2D eigenvalue weighted by atomic mass is 32.1. The van der Waals surface area contributed by atoms with Crippen LogP contribution in [0.15, 0.2) is 95.9 Å². The number of hydrogen-bond acceptors (Lipinski definition) is 7. The minimum absolute atomic E-state index is 0.485. The summed E-state index contributed by atoms with van der Waals surface area (Å²) in [6.45, 7) is 25.9. The number of rotatable bonds is 6. The summed E-state index contributed by atoms with van der Waals surface area (Å²) < 4.78 is 4.88. The minimum atomic E-state index is 0.485. The van der Waals surface area contributed by atoms with Crippen molar-refractivity contribution in [2.24, 2.45) is 0 Å². The van der Waals surface area contributed by atoms with Crippen LogP contribution >= 0.6 is 11.3 Å². The van der Waals surface area contributed by atoms with E-state index >= 15 is 0 Å². The van der Waals surface area contributed by atoms with E-state index in [-0.39, 0.29) is 0 Å². The highest BCUT2D eigenvalue weighted by Crippen LogP contribution is 2.23. The van der Waals surface area contributed by atoms with Crippen LogP contribution in [-0.2, 0) is 0 Å². The van der Waals surface area contributed by atoms with Gasteiger partial charge in [-0.3, -0.25) is 19.9 Å². The van der Waals surface area contributed by atoms with Gasteiger partial charge in [-0.15, -0.1) is 11.3 Å². The molecule has 0 saturated carbocycles. The highest BCUT2D eigenvalue weighted by Gasteiger charge is 2.07. The van der Waals surface area contributed by atoms with E-state index < -0.39 is 0 Å². The van der Waals surface area contributed by atoms with Crippen molar-refractivity contribution in [1.29, 1.82) is 0 Å². The van der Waals surface area contributed by atoms with E-state index in [0.717, 1.165) is 11.4 Å². The van der Waals surface area contributed by atoms with Crippen molar-refractivity contribution >= 4 is 11.3 Å². The molecule has 0 bridgehead atoms. The molecule has 6 nitrogen and oxygen atoms in total. The molecular weight excluding hydrogens is 587 g/mol. The summed E-state index contributed by atoms with van der Waals surface area (Å²) in [5.41, 5.74) is 6.07. The van der Waals surface area contributed by atoms with Crippen LogP contribution in [0.3, 0.4) is 0 Å². The van der Waals surface area contributed by atoms with Gasteiger partial charge in [0.1, 0.15) is 0 Å². The van der Waals surface area contributed by atoms with E-state index in [2.05, 4.69) is 113 Å². The molecule has 0 fully saturated rings. The molecule has 0 saturated heterocycles. The van der Waals surface area contributed by atoms with E-state index in [1.807, 2.05) is 55.0 Å². The van der Waals surface area contributed by atoms with Crippen LogP contribution in [0.2, 0.25) is 0 Å². The molecule has 0 amide bonds. The second-order valence-corrected chi connectivity index (χ2v) is 13.7. The van der Waals surface area contributed by atoms with Gasteiger partial charge in [-0.2, -0.15) is 0 Å². The number of furan rings is 1. The molecule has 0 aromatic carbocycles. The molecular formula is C39H57N5OS. The third-order valence-corrected chi connectivity index (χ3v) is 7.83. The second-order valence-electron chi connectivity index (χ2n) is 12.8. The van der Waals surface area contributed by atoms with Gasteiger partial charge in [0.2, 0.25) is 0 Å². The molecule has 5 heterocycles. The monoisotopic (exact) mass is 643 g/mol. The van der Waals surface area contributed by atoms with Gasteiger partial charge in [-0.05, 0) is 71.0 Å². The first kappa shape index (κ1) is 40.3. The largest absolute Gasteiger partial charge is 0.472 e. The fourth-order valence-electron chi connectivity index (χ4n) is 3.51. The first-order valence-corrected chi connectivity index (χ1v) is 17.2. The maximum Gasteiger partial charge on any atom is 0.0953 e. The molecule has 0 aliphatic heterocycles. The van der Waals surface area contributed by atoms with Gasteiger partial charge in [0.05, 0.1) is 28.9 Å². The van der Waals surface area contributed by atoms with Gasteiger partial charge in [0, 0.05) is 54.2 Å². The Hall–Kier alpha value is -3.71. The van der Waals surface area contributed by atoms with Gasteiger partial charge in [0.15, 0.2) is 0 Å². The molecule has 46 heavy (non-hydrogen) atoms. The summed E-state index contributed by atoms with van der Waals surface area (Å²) in [5.74, 6) is 3.39. The molecule has 0 atom stereocenters. The molecule has 250 valence electrons. The van der Waals surface area contributed by atoms with Crippen LogP contribution < -0.4 is 0 Å². The lowest BCUT2D eigenvalue weighted by Crippen LogP contribution is -1.91. The summed E-state index contributed by atoms with van der Waals surface area (Å²) in [6, 6.07) is 12.1. The Morgan fingerprint density at radius 1 is 0.522 bits per heavy atom. The van der Waals surface area contributed by atoms with E-state index in [0.29, 0.717) is 35.5 Å². The molecule has 5 aromatic rings. The zero-order valence-electron chi connectivity index (χ0n) is 30.2. The van der Waals surface area contributed by atoms with E-state index in [9.17, 15) is 0 Å². The van der Waals surface area contributed by atoms with Crippen LogP contribution in [0.4, 0.5) is 0 Å². The van der Waals surface area contributed by atoms with Gasteiger partial charge >= 0.3 is 0 Å². The fourth-order valence-corrected chi connectivity index (χ4v) is 4.51. The Morgan fingerprint density at radius 2 is 1.13 bits per heavy atom. The molecule has 0 N–H and O–H groups in total. The Kier molecular flexibility index (Phi) is 19.9. The van der Waals surface area contributed by atoms with Crippen LogP contribution in [0, 0.1) is 0 Å². The number of aromatic nitrogens is 5. The van der Waals surface area contributed by atoms with Crippen molar-refractivity contribution in [3.8, 4) is 0 Å². The van der Waals surface area contributed by atoms with Crippen molar-refractivity contribution < 1.29 is 4.42 Å².